The van der Waals surface area contributed by atoms with Crippen LogP contribution in [0.4, 0.5) is 0 Å². The van der Waals surface area contributed by atoms with Crippen molar-refractivity contribution in [3.05, 3.63) is 24.0 Å². The number of hydrogen-bond acceptors (Lipinski definition) is 2. The maximum atomic E-state index is 9.30. The summed E-state index contributed by atoms with van der Waals surface area (Å²) >= 11 is 0. The van der Waals surface area contributed by atoms with E-state index >= 15 is 0 Å². The average molecular weight is 249 g/mol. The first-order chi connectivity index (χ1) is 8.77. The molecule has 0 saturated heterocycles. The van der Waals surface area contributed by atoms with E-state index in [2.05, 4.69) is 18.8 Å². The number of pyridine rings is 1. The van der Waals surface area contributed by atoms with E-state index in [1.165, 1.54) is 51.4 Å². The summed E-state index contributed by atoms with van der Waals surface area (Å²) in [6.45, 7) is 4.48. The van der Waals surface area contributed by atoms with Crippen molar-refractivity contribution in [2.45, 2.75) is 71.1 Å². The van der Waals surface area contributed by atoms with Gasteiger partial charge in [0.05, 0.1) is 6.20 Å². The van der Waals surface area contributed by atoms with Gasteiger partial charge in [0.25, 0.3) is 0 Å². The van der Waals surface area contributed by atoms with Crippen LogP contribution >= 0.6 is 0 Å². The fourth-order valence-electron chi connectivity index (χ4n) is 2.35. The number of unbranched alkanes of at least 4 members (excludes halogenated alkanes) is 4. The summed E-state index contributed by atoms with van der Waals surface area (Å²) in [5.74, 6) is 0.835. The van der Waals surface area contributed by atoms with E-state index in [1.807, 2.05) is 6.07 Å². The summed E-state index contributed by atoms with van der Waals surface area (Å²) in [7, 11) is 0. The third kappa shape index (κ3) is 5.52. The highest BCUT2D eigenvalue weighted by molar-refractivity contribution is 5.20. The van der Waals surface area contributed by atoms with Crippen LogP contribution in [0.3, 0.4) is 0 Å². The van der Waals surface area contributed by atoms with Crippen molar-refractivity contribution in [3.8, 4) is 5.75 Å². The molecule has 1 atom stereocenters. The smallest absolute Gasteiger partial charge is 0.133 e. The molecule has 2 nitrogen and oxygen atoms in total. The molecule has 1 unspecified atom stereocenters. The lowest BCUT2D eigenvalue weighted by atomic mass is 9.92. The number of aromatic hydroxyl groups is 1. The van der Waals surface area contributed by atoms with Crippen molar-refractivity contribution in [1.29, 1.82) is 0 Å². The van der Waals surface area contributed by atoms with Crippen LogP contribution in [-0.4, -0.2) is 10.1 Å². The Morgan fingerprint density at radius 2 is 1.72 bits per heavy atom. The molecule has 0 bridgehead atoms. The Morgan fingerprint density at radius 1 is 1.00 bits per heavy atom. The van der Waals surface area contributed by atoms with E-state index in [0.717, 1.165) is 5.69 Å². The van der Waals surface area contributed by atoms with Gasteiger partial charge in [0.15, 0.2) is 0 Å². The van der Waals surface area contributed by atoms with Crippen LogP contribution in [0, 0.1) is 0 Å². The predicted octanol–water partition coefficient (Wildman–Crippen LogP) is 5.03. The maximum absolute atomic E-state index is 9.30. The van der Waals surface area contributed by atoms with Gasteiger partial charge in [0, 0.05) is 11.6 Å². The van der Waals surface area contributed by atoms with Gasteiger partial charge in [-0.15, -0.1) is 0 Å². The fourth-order valence-corrected chi connectivity index (χ4v) is 2.35. The minimum absolute atomic E-state index is 0.263. The lowest BCUT2D eigenvalue weighted by Crippen LogP contribution is -2.01. The second-order valence-corrected chi connectivity index (χ2v) is 5.13. The van der Waals surface area contributed by atoms with Crippen molar-refractivity contribution >= 4 is 0 Å². The highest BCUT2D eigenvalue weighted by Gasteiger charge is 2.12. The lowest BCUT2D eigenvalue weighted by Gasteiger charge is -2.16. The Labute approximate surface area is 111 Å². The molecule has 0 aromatic carbocycles. The van der Waals surface area contributed by atoms with E-state index < -0.39 is 0 Å². The summed E-state index contributed by atoms with van der Waals surface area (Å²) in [5.41, 5.74) is 1.15. The summed E-state index contributed by atoms with van der Waals surface area (Å²) in [4.78, 5) is 4.38. The Balaban J connectivity index is 2.51. The molecule has 0 aliphatic carbocycles. The molecule has 102 valence electrons. The zero-order valence-corrected chi connectivity index (χ0v) is 11.9. The first-order valence-corrected chi connectivity index (χ1v) is 7.42. The molecule has 0 fully saturated rings. The van der Waals surface area contributed by atoms with Crippen LogP contribution in [0.5, 0.6) is 5.75 Å². The number of aromatic nitrogens is 1. The fraction of sp³-hybridized carbons (Fsp3) is 0.688. The van der Waals surface area contributed by atoms with Crippen LogP contribution < -0.4 is 0 Å². The van der Waals surface area contributed by atoms with Gasteiger partial charge in [-0.3, -0.25) is 4.98 Å². The zero-order valence-electron chi connectivity index (χ0n) is 11.9. The van der Waals surface area contributed by atoms with Crippen LogP contribution in [0.15, 0.2) is 18.3 Å². The molecule has 2 heteroatoms. The van der Waals surface area contributed by atoms with E-state index in [9.17, 15) is 5.11 Å². The Hall–Kier alpha value is -1.05. The third-order valence-corrected chi connectivity index (χ3v) is 3.50. The van der Waals surface area contributed by atoms with Crippen LogP contribution in [0.25, 0.3) is 0 Å². The van der Waals surface area contributed by atoms with E-state index in [0.29, 0.717) is 5.92 Å². The molecular weight excluding hydrogens is 222 g/mol. The lowest BCUT2D eigenvalue weighted by molar-refractivity contribution is 0.467. The Kier molecular flexibility index (Phi) is 7.47. The highest BCUT2D eigenvalue weighted by Crippen LogP contribution is 2.27. The van der Waals surface area contributed by atoms with Gasteiger partial charge in [-0.2, -0.15) is 0 Å². The molecule has 0 aliphatic rings. The van der Waals surface area contributed by atoms with Crippen molar-refractivity contribution < 1.29 is 5.11 Å². The molecule has 1 heterocycles. The molecule has 18 heavy (non-hydrogen) atoms. The van der Waals surface area contributed by atoms with Crippen molar-refractivity contribution in [1.82, 2.24) is 4.98 Å². The molecule has 1 aromatic rings. The predicted molar refractivity (Wildman–Crippen MR) is 76.9 cm³/mol. The van der Waals surface area contributed by atoms with E-state index in [1.54, 1.807) is 12.3 Å². The minimum Gasteiger partial charge on any atom is -0.506 e. The number of rotatable bonds is 9. The van der Waals surface area contributed by atoms with E-state index in [-0.39, 0.29) is 5.75 Å². The molecule has 1 N–H and O–H groups in total. The molecule has 0 radical (unpaired) electrons. The molecule has 0 spiro atoms. The minimum atomic E-state index is 0.263. The SMILES string of the molecule is CCCCCCC(CCCC)c1ccc(O)cn1. The first-order valence-electron chi connectivity index (χ1n) is 7.42. The van der Waals surface area contributed by atoms with Crippen LogP contribution in [-0.2, 0) is 0 Å². The van der Waals surface area contributed by atoms with Crippen molar-refractivity contribution in [2.75, 3.05) is 0 Å². The monoisotopic (exact) mass is 249 g/mol. The van der Waals surface area contributed by atoms with Gasteiger partial charge in [0.2, 0.25) is 0 Å². The Morgan fingerprint density at radius 3 is 2.33 bits per heavy atom. The molecule has 1 rings (SSSR count). The quantitative estimate of drug-likeness (QED) is 0.622. The summed E-state index contributed by atoms with van der Waals surface area (Å²) in [6, 6.07) is 3.74. The van der Waals surface area contributed by atoms with Gasteiger partial charge in [-0.05, 0) is 25.0 Å². The molecular formula is C16H27NO. The standard InChI is InChI=1S/C16H27NO/c1-3-5-7-8-10-14(9-6-4-2)16-12-11-15(18)13-17-16/h11-14,18H,3-10H2,1-2H3. The van der Waals surface area contributed by atoms with E-state index in [4.69, 9.17) is 0 Å². The second kappa shape index (κ2) is 8.96. The van der Waals surface area contributed by atoms with Gasteiger partial charge in [-0.1, -0.05) is 52.4 Å². The first kappa shape index (κ1) is 15.0. The average Bonchev–Trinajstić information content (AvgIpc) is 2.39. The summed E-state index contributed by atoms with van der Waals surface area (Å²) in [6.07, 6.45) is 11.8. The number of hydrogen-bond donors (Lipinski definition) is 1. The van der Waals surface area contributed by atoms with Crippen molar-refractivity contribution in [3.63, 3.8) is 0 Å². The second-order valence-electron chi connectivity index (χ2n) is 5.13. The van der Waals surface area contributed by atoms with Gasteiger partial charge in [-0.25, -0.2) is 0 Å². The van der Waals surface area contributed by atoms with Crippen molar-refractivity contribution in [2.24, 2.45) is 0 Å². The van der Waals surface area contributed by atoms with Gasteiger partial charge in [0.1, 0.15) is 5.75 Å². The molecule has 0 aliphatic heterocycles. The van der Waals surface area contributed by atoms with Crippen LogP contribution in [0.1, 0.15) is 76.8 Å². The molecule has 0 amide bonds. The normalized spacial score (nSPS) is 12.6. The third-order valence-electron chi connectivity index (χ3n) is 3.50. The largest absolute Gasteiger partial charge is 0.506 e. The highest BCUT2D eigenvalue weighted by atomic mass is 16.3. The number of nitrogens with zero attached hydrogens (tertiary/aromatic N) is 1. The van der Waals surface area contributed by atoms with Gasteiger partial charge >= 0.3 is 0 Å². The zero-order chi connectivity index (χ0) is 13.2. The Bertz CT molecular complexity index is 307. The van der Waals surface area contributed by atoms with Crippen LogP contribution in [0.2, 0.25) is 0 Å². The van der Waals surface area contributed by atoms with Gasteiger partial charge < -0.3 is 5.11 Å². The molecule has 1 aromatic heterocycles. The maximum Gasteiger partial charge on any atom is 0.133 e. The summed E-state index contributed by atoms with van der Waals surface area (Å²) < 4.78 is 0. The topological polar surface area (TPSA) is 33.1 Å². The summed E-state index contributed by atoms with van der Waals surface area (Å²) in [5, 5.41) is 9.30. The molecule has 0 saturated carbocycles.